The first-order valence-electron chi connectivity index (χ1n) is 10.3. The number of fused-ring (bicyclic) bond motifs is 1. The van der Waals surface area contributed by atoms with Gasteiger partial charge in [0.05, 0.1) is 11.8 Å². The number of carbonyl (C=O) groups excluding carboxylic acids is 1. The first kappa shape index (κ1) is 20.5. The second-order valence-electron chi connectivity index (χ2n) is 7.63. The third-order valence-corrected chi connectivity index (χ3v) is 4.86. The lowest BCUT2D eigenvalue weighted by Gasteiger charge is -2.10. The van der Waals surface area contributed by atoms with Gasteiger partial charge in [-0.1, -0.05) is 12.1 Å². The van der Waals surface area contributed by atoms with E-state index in [1.807, 2.05) is 67.6 Å². The molecule has 0 aliphatic carbocycles. The number of carbonyl (C=O) groups is 1. The van der Waals surface area contributed by atoms with Crippen LogP contribution in [0.3, 0.4) is 0 Å². The van der Waals surface area contributed by atoms with E-state index in [1.165, 1.54) is 0 Å². The van der Waals surface area contributed by atoms with Crippen molar-refractivity contribution in [2.24, 2.45) is 0 Å². The third-order valence-electron chi connectivity index (χ3n) is 4.86. The van der Waals surface area contributed by atoms with Crippen LogP contribution in [0.4, 0.5) is 0 Å². The minimum Gasteiger partial charge on any atom is -0.491 e. The fourth-order valence-electron chi connectivity index (χ4n) is 3.35. The molecule has 0 aliphatic rings. The molecule has 1 aromatic carbocycles. The Morgan fingerprint density at radius 1 is 1.19 bits per heavy atom. The van der Waals surface area contributed by atoms with Crippen molar-refractivity contribution in [3.05, 3.63) is 78.1 Å². The Kier molecular flexibility index (Phi) is 5.93. The van der Waals surface area contributed by atoms with Crippen LogP contribution in [0.15, 0.2) is 61.2 Å². The Morgan fingerprint density at radius 3 is 2.71 bits per heavy atom. The fraction of sp³-hybridized carbons (Fsp3) is 0.250. The minimum absolute atomic E-state index is 0.144. The summed E-state index contributed by atoms with van der Waals surface area (Å²) in [5.74, 6) is 0.607. The zero-order valence-corrected chi connectivity index (χ0v) is 17.9. The van der Waals surface area contributed by atoms with Gasteiger partial charge < -0.3 is 10.1 Å². The van der Waals surface area contributed by atoms with Gasteiger partial charge >= 0.3 is 0 Å². The number of nitrogens with zero attached hydrogens (tertiary/aromatic N) is 4. The van der Waals surface area contributed by atoms with Crippen molar-refractivity contribution >= 4 is 11.6 Å². The van der Waals surface area contributed by atoms with Crippen LogP contribution in [0.1, 0.15) is 35.6 Å². The van der Waals surface area contributed by atoms with Crippen LogP contribution in [-0.4, -0.2) is 37.9 Å². The number of ether oxygens (including phenoxy) is 1. The van der Waals surface area contributed by atoms with Crippen molar-refractivity contribution in [3.8, 4) is 17.0 Å². The zero-order chi connectivity index (χ0) is 21.8. The number of pyridine rings is 1. The van der Waals surface area contributed by atoms with E-state index in [9.17, 15) is 4.79 Å². The first-order chi connectivity index (χ1) is 15.0. The fourth-order valence-corrected chi connectivity index (χ4v) is 3.35. The zero-order valence-electron chi connectivity index (χ0n) is 17.9. The van der Waals surface area contributed by atoms with Gasteiger partial charge in [0.2, 0.25) is 0 Å². The molecular weight excluding hydrogens is 390 g/mol. The smallest absolute Gasteiger partial charge is 0.273 e. The second-order valence-corrected chi connectivity index (χ2v) is 7.63. The molecule has 3 aromatic heterocycles. The normalized spacial score (nSPS) is 11.1. The molecule has 4 aromatic rings. The number of amides is 1. The maximum atomic E-state index is 12.8. The summed E-state index contributed by atoms with van der Waals surface area (Å²) in [6, 6.07) is 13.7. The van der Waals surface area contributed by atoms with Gasteiger partial charge in [-0.15, -0.1) is 0 Å². The lowest BCUT2D eigenvalue weighted by atomic mass is 10.1. The van der Waals surface area contributed by atoms with E-state index in [2.05, 4.69) is 20.3 Å². The number of imidazole rings is 1. The van der Waals surface area contributed by atoms with Crippen LogP contribution in [0.2, 0.25) is 0 Å². The topological polar surface area (TPSA) is 81.4 Å². The average Bonchev–Trinajstić information content (AvgIpc) is 3.20. The van der Waals surface area contributed by atoms with Gasteiger partial charge in [0.25, 0.3) is 5.91 Å². The van der Waals surface area contributed by atoms with Gasteiger partial charge in [-0.3, -0.25) is 14.2 Å². The van der Waals surface area contributed by atoms with Crippen LogP contribution < -0.4 is 10.1 Å². The molecule has 0 atom stereocenters. The molecule has 0 bridgehead atoms. The molecule has 4 rings (SSSR count). The van der Waals surface area contributed by atoms with Gasteiger partial charge in [0.15, 0.2) is 11.3 Å². The summed E-state index contributed by atoms with van der Waals surface area (Å²) in [4.78, 5) is 25.9. The summed E-state index contributed by atoms with van der Waals surface area (Å²) < 4.78 is 7.48. The molecule has 0 aliphatic heterocycles. The van der Waals surface area contributed by atoms with E-state index in [4.69, 9.17) is 4.74 Å². The molecule has 0 unspecified atom stereocenters. The Morgan fingerprint density at radius 2 is 2.00 bits per heavy atom. The third kappa shape index (κ3) is 4.71. The maximum absolute atomic E-state index is 12.8. The molecule has 158 valence electrons. The number of hydrogen-bond donors (Lipinski definition) is 1. The minimum atomic E-state index is -0.238. The predicted molar refractivity (Wildman–Crippen MR) is 119 cm³/mol. The highest BCUT2D eigenvalue weighted by atomic mass is 16.5. The molecule has 0 fully saturated rings. The van der Waals surface area contributed by atoms with E-state index >= 15 is 0 Å². The lowest BCUT2D eigenvalue weighted by molar-refractivity contribution is 0.0951. The number of rotatable bonds is 7. The number of nitrogens with one attached hydrogen (secondary N) is 1. The van der Waals surface area contributed by atoms with Crippen molar-refractivity contribution < 1.29 is 9.53 Å². The van der Waals surface area contributed by atoms with Crippen molar-refractivity contribution in [1.29, 1.82) is 0 Å². The average molecular weight is 415 g/mol. The van der Waals surface area contributed by atoms with Crippen LogP contribution in [0, 0.1) is 6.92 Å². The first-order valence-corrected chi connectivity index (χ1v) is 10.3. The van der Waals surface area contributed by atoms with Crippen molar-refractivity contribution in [3.63, 3.8) is 0 Å². The Balaban J connectivity index is 1.46. The Labute approximate surface area is 181 Å². The quantitative estimate of drug-likeness (QED) is 0.496. The van der Waals surface area contributed by atoms with Crippen molar-refractivity contribution in [2.45, 2.75) is 33.3 Å². The summed E-state index contributed by atoms with van der Waals surface area (Å²) in [7, 11) is 0. The van der Waals surface area contributed by atoms with Crippen LogP contribution in [0.5, 0.6) is 5.75 Å². The van der Waals surface area contributed by atoms with Gasteiger partial charge in [-0.25, -0.2) is 9.97 Å². The molecule has 31 heavy (non-hydrogen) atoms. The monoisotopic (exact) mass is 415 g/mol. The largest absolute Gasteiger partial charge is 0.491 e. The number of benzene rings is 1. The molecule has 7 heteroatoms. The van der Waals surface area contributed by atoms with E-state index in [0.717, 1.165) is 28.3 Å². The highest BCUT2D eigenvalue weighted by Gasteiger charge is 2.17. The van der Waals surface area contributed by atoms with Crippen LogP contribution in [-0.2, 0) is 6.42 Å². The highest BCUT2D eigenvalue weighted by molar-refractivity contribution is 5.98. The van der Waals surface area contributed by atoms with Gasteiger partial charge in [0.1, 0.15) is 12.1 Å². The van der Waals surface area contributed by atoms with E-state index in [1.54, 1.807) is 18.7 Å². The van der Waals surface area contributed by atoms with Gasteiger partial charge in [-0.05, 0) is 63.1 Å². The lowest BCUT2D eigenvalue weighted by Crippen LogP contribution is -2.26. The Bertz CT molecular complexity index is 1180. The highest BCUT2D eigenvalue weighted by Crippen LogP contribution is 2.20. The predicted octanol–water partition coefficient (Wildman–Crippen LogP) is 3.86. The molecular formula is C24H25N5O2. The van der Waals surface area contributed by atoms with Crippen molar-refractivity contribution in [1.82, 2.24) is 24.7 Å². The molecule has 0 saturated heterocycles. The molecule has 0 saturated carbocycles. The molecule has 1 amide bonds. The molecule has 7 nitrogen and oxygen atoms in total. The summed E-state index contributed by atoms with van der Waals surface area (Å²) in [5.41, 5.74) is 4.57. The second kappa shape index (κ2) is 8.95. The van der Waals surface area contributed by atoms with E-state index < -0.39 is 0 Å². The summed E-state index contributed by atoms with van der Waals surface area (Å²) in [6.07, 6.45) is 5.97. The van der Waals surface area contributed by atoms with Crippen molar-refractivity contribution in [2.75, 3.05) is 6.54 Å². The SMILES string of the molecule is Cc1cc(-c2cccnc2)nc2c(C(=O)NCCc3ccc(OC(C)C)cc3)ncn12. The van der Waals surface area contributed by atoms with Crippen LogP contribution >= 0.6 is 0 Å². The van der Waals surface area contributed by atoms with E-state index in [-0.39, 0.29) is 12.0 Å². The van der Waals surface area contributed by atoms with E-state index in [0.29, 0.717) is 24.3 Å². The number of aromatic nitrogens is 4. The van der Waals surface area contributed by atoms with Crippen LogP contribution in [0.25, 0.3) is 16.9 Å². The van der Waals surface area contributed by atoms with Gasteiger partial charge in [0, 0.05) is 30.2 Å². The molecule has 0 spiro atoms. The summed E-state index contributed by atoms with van der Waals surface area (Å²) in [6.45, 7) is 6.46. The maximum Gasteiger partial charge on any atom is 0.273 e. The molecule has 0 radical (unpaired) electrons. The molecule has 3 heterocycles. The summed E-state index contributed by atoms with van der Waals surface area (Å²) >= 11 is 0. The molecule has 1 N–H and O–H groups in total. The Hall–Kier alpha value is -3.74. The standard InChI is InChI=1S/C24H25N5O2/c1-16(2)31-20-8-6-18(7-9-20)10-12-26-24(30)22-23-28-21(19-5-4-11-25-14-19)13-17(3)29(23)15-27-22/h4-9,11,13-16H,10,12H2,1-3H3,(H,26,30). The summed E-state index contributed by atoms with van der Waals surface area (Å²) in [5, 5.41) is 2.95. The number of hydrogen-bond acceptors (Lipinski definition) is 5. The number of aryl methyl sites for hydroxylation is 1. The van der Waals surface area contributed by atoms with Gasteiger partial charge in [-0.2, -0.15) is 0 Å².